The van der Waals surface area contributed by atoms with Crippen LogP contribution in [-0.4, -0.2) is 31.0 Å². The molecule has 0 aliphatic carbocycles. The molecule has 22 heavy (non-hydrogen) atoms. The number of benzene rings is 1. The number of aromatic nitrogens is 1. The van der Waals surface area contributed by atoms with Crippen molar-refractivity contribution in [1.82, 2.24) is 10.3 Å². The first-order valence-corrected chi connectivity index (χ1v) is 7.88. The van der Waals surface area contributed by atoms with Gasteiger partial charge in [-0.3, -0.25) is 0 Å². The van der Waals surface area contributed by atoms with Gasteiger partial charge in [-0.1, -0.05) is 11.6 Å². The zero-order valence-electron chi connectivity index (χ0n) is 12.1. The molecule has 0 saturated carbocycles. The number of rotatable bonds is 4. The first-order valence-electron chi connectivity index (χ1n) is 7.51. The van der Waals surface area contributed by atoms with E-state index in [1.54, 1.807) is 0 Å². The van der Waals surface area contributed by atoms with Gasteiger partial charge in [-0.15, -0.1) is 0 Å². The molecule has 3 heterocycles. The molecule has 1 N–H and O–H groups in total. The Kier molecular flexibility index (Phi) is 3.78. The highest BCUT2D eigenvalue weighted by molar-refractivity contribution is 6.30. The lowest BCUT2D eigenvalue weighted by Gasteiger charge is -2.12. The van der Waals surface area contributed by atoms with E-state index in [2.05, 4.69) is 16.4 Å². The fourth-order valence-electron chi connectivity index (χ4n) is 2.88. The molecule has 1 atom stereocenters. The highest BCUT2D eigenvalue weighted by Crippen LogP contribution is 2.36. The molecule has 0 radical (unpaired) electrons. The molecular formula is C16H17ClN2O3. The van der Waals surface area contributed by atoms with E-state index >= 15 is 0 Å². The number of hydrogen-bond acceptors (Lipinski definition) is 5. The Hall–Kier alpha value is -1.56. The minimum atomic E-state index is 0.259. The van der Waals surface area contributed by atoms with Crippen LogP contribution in [0.2, 0.25) is 5.15 Å². The normalized spacial score (nSPS) is 20.0. The van der Waals surface area contributed by atoms with E-state index in [1.807, 2.05) is 12.1 Å². The van der Waals surface area contributed by atoms with Crippen molar-refractivity contribution in [3.05, 3.63) is 28.9 Å². The van der Waals surface area contributed by atoms with Gasteiger partial charge in [0.25, 0.3) is 0 Å². The van der Waals surface area contributed by atoms with Gasteiger partial charge >= 0.3 is 0 Å². The molecule has 116 valence electrons. The molecule has 1 aromatic heterocycles. The fraction of sp³-hybridized carbons (Fsp3) is 0.438. The lowest BCUT2D eigenvalue weighted by Crippen LogP contribution is -2.25. The van der Waals surface area contributed by atoms with Gasteiger partial charge in [-0.25, -0.2) is 4.98 Å². The van der Waals surface area contributed by atoms with E-state index in [0.29, 0.717) is 17.8 Å². The van der Waals surface area contributed by atoms with Crippen molar-refractivity contribution >= 4 is 22.5 Å². The van der Waals surface area contributed by atoms with Gasteiger partial charge in [-0.2, -0.15) is 0 Å². The topological polar surface area (TPSA) is 52.6 Å². The van der Waals surface area contributed by atoms with Crippen LogP contribution in [0.4, 0.5) is 0 Å². The average molecular weight is 321 g/mol. The van der Waals surface area contributed by atoms with Crippen LogP contribution in [0.3, 0.4) is 0 Å². The predicted octanol–water partition coefficient (Wildman–Crippen LogP) is 2.89. The van der Waals surface area contributed by atoms with E-state index in [1.165, 1.54) is 0 Å². The van der Waals surface area contributed by atoms with Crippen molar-refractivity contribution < 1.29 is 14.2 Å². The highest BCUT2D eigenvalue weighted by Gasteiger charge is 2.17. The second-order valence-electron chi connectivity index (χ2n) is 5.60. The predicted molar refractivity (Wildman–Crippen MR) is 83.6 cm³/mol. The molecular weight excluding hydrogens is 304 g/mol. The molecule has 2 aliphatic rings. The molecule has 2 aromatic rings. The van der Waals surface area contributed by atoms with Gasteiger partial charge in [0.2, 0.25) is 6.79 Å². The Labute approximate surface area is 133 Å². The number of halogens is 1. The van der Waals surface area contributed by atoms with Gasteiger partial charge in [0.1, 0.15) is 5.15 Å². The van der Waals surface area contributed by atoms with E-state index in [4.69, 9.17) is 25.8 Å². The van der Waals surface area contributed by atoms with Crippen molar-refractivity contribution in [1.29, 1.82) is 0 Å². The summed E-state index contributed by atoms with van der Waals surface area (Å²) in [4.78, 5) is 4.46. The number of fused-ring (bicyclic) bond motifs is 2. The first kappa shape index (κ1) is 14.1. The quantitative estimate of drug-likeness (QED) is 0.878. The SMILES string of the molecule is Clc1nc2cc3c(cc2cc1CNCC1CCCO1)OCO3. The average Bonchev–Trinajstić information content (AvgIpc) is 3.16. The second-order valence-corrected chi connectivity index (χ2v) is 5.96. The van der Waals surface area contributed by atoms with Crippen LogP contribution < -0.4 is 14.8 Å². The third kappa shape index (κ3) is 2.72. The second kappa shape index (κ2) is 5.91. The summed E-state index contributed by atoms with van der Waals surface area (Å²) in [6.45, 7) is 2.65. The summed E-state index contributed by atoms with van der Waals surface area (Å²) < 4.78 is 16.4. The summed E-state index contributed by atoms with van der Waals surface area (Å²) in [6, 6.07) is 5.87. The summed E-state index contributed by atoms with van der Waals surface area (Å²) >= 11 is 6.30. The van der Waals surface area contributed by atoms with Gasteiger partial charge < -0.3 is 19.5 Å². The largest absolute Gasteiger partial charge is 0.454 e. The number of nitrogens with one attached hydrogen (secondary N) is 1. The van der Waals surface area contributed by atoms with Crippen LogP contribution in [-0.2, 0) is 11.3 Å². The van der Waals surface area contributed by atoms with Crippen molar-refractivity contribution in [2.45, 2.75) is 25.5 Å². The fourth-order valence-corrected chi connectivity index (χ4v) is 3.09. The van der Waals surface area contributed by atoms with Crippen LogP contribution in [0.25, 0.3) is 10.9 Å². The summed E-state index contributed by atoms with van der Waals surface area (Å²) in [5.41, 5.74) is 1.79. The third-order valence-electron chi connectivity index (χ3n) is 4.05. The zero-order chi connectivity index (χ0) is 14.9. The Morgan fingerprint density at radius 1 is 1.23 bits per heavy atom. The monoisotopic (exact) mass is 320 g/mol. The molecule has 0 spiro atoms. The van der Waals surface area contributed by atoms with Crippen molar-refractivity contribution in [2.24, 2.45) is 0 Å². The Balaban J connectivity index is 1.52. The van der Waals surface area contributed by atoms with E-state index in [9.17, 15) is 0 Å². The minimum absolute atomic E-state index is 0.259. The highest BCUT2D eigenvalue weighted by atomic mass is 35.5. The van der Waals surface area contributed by atoms with Crippen LogP contribution in [0.15, 0.2) is 18.2 Å². The van der Waals surface area contributed by atoms with E-state index in [0.717, 1.165) is 54.0 Å². The lowest BCUT2D eigenvalue weighted by molar-refractivity contribution is 0.110. The summed E-state index contributed by atoms with van der Waals surface area (Å²) in [5, 5.41) is 4.92. The van der Waals surface area contributed by atoms with Crippen LogP contribution in [0.1, 0.15) is 18.4 Å². The minimum Gasteiger partial charge on any atom is -0.454 e. The van der Waals surface area contributed by atoms with Crippen LogP contribution in [0, 0.1) is 0 Å². The van der Waals surface area contributed by atoms with Crippen LogP contribution >= 0.6 is 11.6 Å². The molecule has 1 unspecified atom stereocenters. The Morgan fingerprint density at radius 2 is 2.09 bits per heavy atom. The van der Waals surface area contributed by atoms with E-state index in [-0.39, 0.29) is 6.79 Å². The third-order valence-corrected chi connectivity index (χ3v) is 4.37. The Bertz CT molecular complexity index is 701. The summed E-state index contributed by atoms with van der Waals surface area (Å²) in [5.74, 6) is 1.48. The zero-order valence-corrected chi connectivity index (χ0v) is 12.9. The molecule has 0 bridgehead atoms. The molecule has 1 aromatic carbocycles. The summed E-state index contributed by atoms with van der Waals surface area (Å²) in [7, 11) is 0. The maximum absolute atomic E-state index is 6.30. The molecule has 5 nitrogen and oxygen atoms in total. The smallest absolute Gasteiger partial charge is 0.231 e. The molecule has 6 heteroatoms. The van der Waals surface area contributed by atoms with Gasteiger partial charge in [0.15, 0.2) is 11.5 Å². The van der Waals surface area contributed by atoms with E-state index < -0.39 is 0 Å². The van der Waals surface area contributed by atoms with Gasteiger partial charge in [-0.05, 0) is 25.0 Å². The molecule has 4 rings (SSSR count). The van der Waals surface area contributed by atoms with Crippen molar-refractivity contribution in [3.63, 3.8) is 0 Å². The standard InChI is InChI=1S/C16H17ClN2O3/c17-16-11(7-18-8-12-2-1-3-20-12)4-10-5-14-15(22-9-21-14)6-13(10)19-16/h4-6,12,18H,1-3,7-9H2. The molecule has 0 amide bonds. The lowest BCUT2D eigenvalue weighted by atomic mass is 10.1. The maximum Gasteiger partial charge on any atom is 0.231 e. The maximum atomic E-state index is 6.30. The Morgan fingerprint density at radius 3 is 2.91 bits per heavy atom. The molecule has 1 fully saturated rings. The van der Waals surface area contributed by atoms with Crippen molar-refractivity contribution in [3.8, 4) is 11.5 Å². The molecule has 2 aliphatic heterocycles. The van der Waals surface area contributed by atoms with Crippen LogP contribution in [0.5, 0.6) is 11.5 Å². The van der Waals surface area contributed by atoms with Crippen molar-refractivity contribution in [2.75, 3.05) is 19.9 Å². The number of pyridine rings is 1. The molecule has 1 saturated heterocycles. The van der Waals surface area contributed by atoms with Gasteiger partial charge in [0.05, 0.1) is 11.6 Å². The number of nitrogens with zero attached hydrogens (tertiary/aromatic N) is 1. The van der Waals surface area contributed by atoms with Gasteiger partial charge in [0, 0.05) is 36.7 Å². The number of hydrogen-bond donors (Lipinski definition) is 1. The first-order chi connectivity index (χ1) is 10.8. The summed E-state index contributed by atoms with van der Waals surface area (Å²) in [6.07, 6.45) is 2.60. The number of ether oxygens (including phenoxy) is 3.